The molecule has 0 saturated carbocycles. The number of sulfonamides is 1. The van der Waals surface area contributed by atoms with E-state index in [0.717, 1.165) is 34.8 Å². The van der Waals surface area contributed by atoms with E-state index in [9.17, 15) is 18.0 Å². The highest BCUT2D eigenvalue weighted by atomic mass is 79.9. The van der Waals surface area contributed by atoms with Crippen molar-refractivity contribution in [2.24, 2.45) is 11.8 Å². The number of carbonyl (C=O) groups excluding carboxylic acids is 2. The summed E-state index contributed by atoms with van der Waals surface area (Å²) in [5.74, 6) is -0.283. The summed E-state index contributed by atoms with van der Waals surface area (Å²) in [6.07, 6.45) is 3.09. The predicted octanol–water partition coefficient (Wildman–Crippen LogP) is 1.90. The van der Waals surface area contributed by atoms with E-state index >= 15 is 0 Å². The van der Waals surface area contributed by atoms with Gasteiger partial charge in [-0.25, -0.2) is 13.1 Å². The average Bonchev–Trinajstić information content (AvgIpc) is 3.03. The molecule has 0 aliphatic carbocycles. The summed E-state index contributed by atoms with van der Waals surface area (Å²) in [6, 6.07) is 5.75. The van der Waals surface area contributed by atoms with Gasteiger partial charge >= 0.3 is 0 Å². The summed E-state index contributed by atoms with van der Waals surface area (Å²) in [4.78, 5) is 29.0. The molecule has 2 saturated heterocycles. The van der Waals surface area contributed by atoms with Crippen molar-refractivity contribution in [2.75, 3.05) is 37.3 Å². The maximum Gasteiger partial charge on any atom is 0.228 e. The second kappa shape index (κ2) is 8.51. The average molecular weight is 472 g/mol. The standard InChI is InChI=1S/C19H26BrN3O4S/c1-13-8-16(5-6-17(13)20)23-12-15(9-18(23)24)19(25)22-7-3-4-14(11-22)10-21-28(2,26)27/h5-6,8,14-15,21H,3-4,7,9-12H2,1-2H3. The number of piperidine rings is 1. The number of anilines is 1. The zero-order valence-corrected chi connectivity index (χ0v) is 18.6. The fourth-order valence-electron chi connectivity index (χ4n) is 3.88. The van der Waals surface area contributed by atoms with E-state index < -0.39 is 10.0 Å². The van der Waals surface area contributed by atoms with Crippen LogP contribution < -0.4 is 9.62 Å². The Morgan fingerprint density at radius 1 is 1.32 bits per heavy atom. The molecular formula is C19H26BrN3O4S. The van der Waals surface area contributed by atoms with Crippen molar-refractivity contribution < 1.29 is 18.0 Å². The molecule has 2 amide bonds. The van der Waals surface area contributed by atoms with Crippen LogP contribution in [-0.4, -0.2) is 57.6 Å². The van der Waals surface area contributed by atoms with Crippen molar-refractivity contribution in [1.29, 1.82) is 0 Å². The molecule has 1 N–H and O–H groups in total. The number of carbonyl (C=O) groups is 2. The van der Waals surface area contributed by atoms with Gasteiger partial charge in [0.1, 0.15) is 0 Å². The van der Waals surface area contributed by atoms with Gasteiger partial charge in [0.25, 0.3) is 0 Å². The Bertz CT molecular complexity index is 874. The van der Waals surface area contributed by atoms with Crippen LogP contribution in [0.25, 0.3) is 0 Å². The van der Waals surface area contributed by atoms with Crippen molar-refractivity contribution in [1.82, 2.24) is 9.62 Å². The number of amides is 2. The SMILES string of the molecule is Cc1cc(N2CC(C(=O)N3CCCC(CNS(C)(=O)=O)C3)CC2=O)ccc1Br. The maximum absolute atomic E-state index is 13.0. The van der Waals surface area contributed by atoms with Gasteiger partial charge in [0, 0.05) is 42.8 Å². The van der Waals surface area contributed by atoms with E-state index in [1.807, 2.05) is 25.1 Å². The summed E-state index contributed by atoms with van der Waals surface area (Å²) in [7, 11) is -3.24. The lowest BCUT2D eigenvalue weighted by Crippen LogP contribution is -2.46. The summed E-state index contributed by atoms with van der Waals surface area (Å²) in [5, 5.41) is 0. The van der Waals surface area contributed by atoms with Gasteiger partial charge in [-0.05, 0) is 49.4 Å². The van der Waals surface area contributed by atoms with E-state index in [0.29, 0.717) is 26.2 Å². The van der Waals surface area contributed by atoms with E-state index in [2.05, 4.69) is 20.7 Å². The van der Waals surface area contributed by atoms with Crippen molar-refractivity contribution in [3.8, 4) is 0 Å². The first-order chi connectivity index (χ1) is 13.1. The Kier molecular flexibility index (Phi) is 6.46. The molecular weight excluding hydrogens is 446 g/mol. The number of nitrogens with zero attached hydrogens (tertiary/aromatic N) is 2. The van der Waals surface area contributed by atoms with Gasteiger partial charge in [-0.15, -0.1) is 0 Å². The summed E-state index contributed by atoms with van der Waals surface area (Å²) >= 11 is 3.46. The molecule has 0 radical (unpaired) electrons. The van der Waals surface area contributed by atoms with E-state index in [1.165, 1.54) is 0 Å². The minimum absolute atomic E-state index is 0.00580. The lowest BCUT2D eigenvalue weighted by molar-refractivity contribution is -0.137. The van der Waals surface area contributed by atoms with Gasteiger partial charge in [-0.2, -0.15) is 0 Å². The van der Waals surface area contributed by atoms with Crippen LogP contribution in [0.15, 0.2) is 22.7 Å². The van der Waals surface area contributed by atoms with Gasteiger partial charge in [-0.1, -0.05) is 15.9 Å². The number of rotatable bonds is 5. The van der Waals surface area contributed by atoms with Crippen LogP contribution in [0, 0.1) is 18.8 Å². The van der Waals surface area contributed by atoms with Crippen LogP contribution in [0.5, 0.6) is 0 Å². The van der Waals surface area contributed by atoms with Crippen LogP contribution in [0.1, 0.15) is 24.8 Å². The van der Waals surface area contributed by atoms with Crippen molar-refractivity contribution in [2.45, 2.75) is 26.2 Å². The molecule has 0 spiro atoms. The molecule has 2 unspecified atom stereocenters. The molecule has 7 nitrogen and oxygen atoms in total. The largest absolute Gasteiger partial charge is 0.342 e. The molecule has 154 valence electrons. The zero-order valence-electron chi connectivity index (χ0n) is 16.2. The first-order valence-corrected chi connectivity index (χ1v) is 12.1. The zero-order chi connectivity index (χ0) is 20.5. The summed E-state index contributed by atoms with van der Waals surface area (Å²) in [5.41, 5.74) is 1.85. The first kappa shape index (κ1) is 21.3. The lowest BCUT2D eigenvalue weighted by Gasteiger charge is -2.34. The number of hydrogen-bond donors (Lipinski definition) is 1. The van der Waals surface area contributed by atoms with Crippen LogP contribution in [0.3, 0.4) is 0 Å². The minimum atomic E-state index is -3.24. The quantitative estimate of drug-likeness (QED) is 0.710. The molecule has 2 fully saturated rings. The highest BCUT2D eigenvalue weighted by Crippen LogP contribution is 2.30. The smallest absolute Gasteiger partial charge is 0.228 e. The van der Waals surface area contributed by atoms with Gasteiger partial charge < -0.3 is 9.80 Å². The molecule has 0 bridgehead atoms. The van der Waals surface area contributed by atoms with Gasteiger partial charge in [0.2, 0.25) is 21.8 Å². The molecule has 2 atom stereocenters. The van der Waals surface area contributed by atoms with Crippen molar-refractivity contribution in [3.05, 3.63) is 28.2 Å². The molecule has 1 aromatic rings. The first-order valence-electron chi connectivity index (χ1n) is 9.44. The van der Waals surface area contributed by atoms with Crippen LogP contribution in [0.4, 0.5) is 5.69 Å². The Labute approximate surface area is 174 Å². The fourth-order valence-corrected chi connectivity index (χ4v) is 4.66. The number of halogens is 1. The number of benzene rings is 1. The van der Waals surface area contributed by atoms with E-state index in [4.69, 9.17) is 0 Å². The summed E-state index contributed by atoms with van der Waals surface area (Å²) < 4.78 is 26.1. The molecule has 0 aromatic heterocycles. The van der Waals surface area contributed by atoms with Crippen LogP contribution >= 0.6 is 15.9 Å². The van der Waals surface area contributed by atoms with Gasteiger partial charge in [0.15, 0.2) is 0 Å². The lowest BCUT2D eigenvalue weighted by atomic mass is 9.96. The highest BCUT2D eigenvalue weighted by Gasteiger charge is 2.38. The second-order valence-electron chi connectivity index (χ2n) is 7.75. The Morgan fingerprint density at radius 2 is 2.07 bits per heavy atom. The second-order valence-corrected chi connectivity index (χ2v) is 10.4. The van der Waals surface area contributed by atoms with Crippen LogP contribution in [-0.2, 0) is 19.6 Å². The normalized spacial score (nSPS) is 23.3. The molecule has 9 heteroatoms. The van der Waals surface area contributed by atoms with E-state index in [1.54, 1.807) is 9.80 Å². The topological polar surface area (TPSA) is 86.8 Å². The van der Waals surface area contributed by atoms with Crippen molar-refractivity contribution >= 4 is 43.5 Å². The number of nitrogens with one attached hydrogen (secondary N) is 1. The molecule has 2 aliphatic heterocycles. The van der Waals surface area contributed by atoms with Crippen LogP contribution in [0.2, 0.25) is 0 Å². The van der Waals surface area contributed by atoms with Gasteiger partial charge in [-0.3, -0.25) is 9.59 Å². The molecule has 28 heavy (non-hydrogen) atoms. The van der Waals surface area contributed by atoms with Crippen molar-refractivity contribution in [3.63, 3.8) is 0 Å². The van der Waals surface area contributed by atoms with E-state index in [-0.39, 0.29) is 30.1 Å². The molecule has 3 rings (SSSR count). The third-order valence-electron chi connectivity index (χ3n) is 5.39. The molecule has 2 heterocycles. The Morgan fingerprint density at radius 3 is 2.75 bits per heavy atom. The third kappa shape index (κ3) is 5.12. The Hall–Kier alpha value is -1.45. The molecule has 1 aromatic carbocycles. The minimum Gasteiger partial charge on any atom is -0.342 e. The highest BCUT2D eigenvalue weighted by molar-refractivity contribution is 9.10. The Balaban J connectivity index is 1.63. The fraction of sp³-hybridized carbons (Fsp3) is 0.579. The summed E-state index contributed by atoms with van der Waals surface area (Å²) in [6.45, 7) is 3.90. The maximum atomic E-state index is 13.0. The third-order valence-corrected chi connectivity index (χ3v) is 6.97. The number of likely N-dealkylation sites (tertiary alicyclic amines) is 1. The number of aryl methyl sites for hydroxylation is 1. The molecule has 2 aliphatic rings. The monoisotopic (exact) mass is 471 g/mol. The number of hydrogen-bond acceptors (Lipinski definition) is 4. The predicted molar refractivity (Wildman–Crippen MR) is 111 cm³/mol. The van der Waals surface area contributed by atoms with Gasteiger partial charge in [0.05, 0.1) is 12.2 Å².